The standard InChI is InChI=1S/C20H21N2O3P.2ClH/c1-15-5-4-6-16(2)20(15)22-13-9-19(10-14-22)18-7-11-21(12-8-18)17(3)26(23,24)25;;/h4-14,17H,1-3H3;2*1H. The molecule has 0 saturated heterocycles. The molecule has 28 heavy (non-hydrogen) atoms. The van der Waals surface area contributed by atoms with Gasteiger partial charge in [0.1, 0.15) is 0 Å². The Balaban J connectivity index is 0.00000196. The van der Waals surface area contributed by atoms with Gasteiger partial charge in [-0.25, -0.2) is 0 Å². The lowest BCUT2D eigenvalue weighted by molar-refractivity contribution is -0.701. The summed E-state index contributed by atoms with van der Waals surface area (Å²) in [5.41, 5.74) is 5.65. The highest BCUT2D eigenvalue weighted by molar-refractivity contribution is 7.51. The smallest absolute Gasteiger partial charge is 0.392 e. The molecule has 3 rings (SSSR count). The number of para-hydroxylation sites is 1. The maximum atomic E-state index is 11.4. The largest absolute Gasteiger partial charge is 1.00 e. The third kappa shape index (κ3) is 5.19. The predicted molar refractivity (Wildman–Crippen MR) is 99.8 cm³/mol. The van der Waals surface area contributed by atoms with Gasteiger partial charge in [-0.3, -0.25) is 4.57 Å². The van der Waals surface area contributed by atoms with Gasteiger partial charge < -0.3 is 34.6 Å². The molecule has 0 saturated carbocycles. The first-order valence-corrected chi connectivity index (χ1v) is 10.1. The second-order valence-electron chi connectivity index (χ2n) is 6.49. The van der Waals surface area contributed by atoms with Gasteiger partial charge in [0.2, 0.25) is 5.69 Å². The van der Waals surface area contributed by atoms with Crippen molar-refractivity contribution in [1.82, 2.24) is 0 Å². The monoisotopic (exact) mass is 440 g/mol. The maximum Gasteiger partial charge on any atom is 0.392 e. The van der Waals surface area contributed by atoms with Gasteiger partial charge in [0.15, 0.2) is 24.8 Å². The van der Waals surface area contributed by atoms with E-state index in [2.05, 4.69) is 36.6 Å². The number of hydrogen-bond acceptors (Lipinski definition) is 1. The van der Waals surface area contributed by atoms with Crippen LogP contribution < -0.4 is 33.9 Å². The van der Waals surface area contributed by atoms with Crippen LogP contribution in [0.5, 0.6) is 0 Å². The molecule has 0 bridgehead atoms. The third-order valence-electron chi connectivity index (χ3n) is 4.63. The fourth-order valence-corrected chi connectivity index (χ4v) is 3.54. The molecule has 0 aliphatic heterocycles. The molecule has 1 unspecified atom stereocenters. The molecule has 2 heterocycles. The lowest BCUT2D eigenvalue weighted by Crippen LogP contribution is -3.00. The fraction of sp³-hybridized carbons (Fsp3) is 0.200. The van der Waals surface area contributed by atoms with Crippen LogP contribution in [0, 0.1) is 13.8 Å². The van der Waals surface area contributed by atoms with Crippen molar-refractivity contribution >= 4 is 7.60 Å². The van der Waals surface area contributed by atoms with Gasteiger partial charge in [-0.1, -0.05) is 18.2 Å². The van der Waals surface area contributed by atoms with E-state index in [4.69, 9.17) is 0 Å². The first-order valence-electron chi connectivity index (χ1n) is 8.41. The lowest BCUT2D eigenvalue weighted by Gasteiger charge is -2.09. The van der Waals surface area contributed by atoms with Crippen molar-refractivity contribution in [3.05, 3.63) is 78.4 Å². The van der Waals surface area contributed by atoms with Crippen LogP contribution in [0.2, 0.25) is 0 Å². The summed E-state index contributed by atoms with van der Waals surface area (Å²) in [5, 5.41) is 0. The van der Waals surface area contributed by atoms with E-state index in [9.17, 15) is 14.4 Å². The van der Waals surface area contributed by atoms with Crippen LogP contribution >= 0.6 is 7.60 Å². The minimum atomic E-state index is -4.16. The summed E-state index contributed by atoms with van der Waals surface area (Å²) < 4.78 is 15.0. The molecule has 0 spiro atoms. The van der Waals surface area contributed by atoms with Gasteiger partial charge in [0, 0.05) is 42.3 Å². The van der Waals surface area contributed by atoms with Crippen LogP contribution in [0.25, 0.3) is 16.8 Å². The topological polar surface area (TPSA) is 65.3 Å². The molecule has 8 heteroatoms. The van der Waals surface area contributed by atoms with Crippen LogP contribution in [-0.4, -0.2) is 9.79 Å². The Hall–Kier alpha value is -1.75. The van der Waals surface area contributed by atoms with Crippen molar-refractivity contribution in [3.63, 3.8) is 0 Å². The van der Waals surface area contributed by atoms with Gasteiger partial charge >= 0.3 is 7.60 Å². The van der Waals surface area contributed by atoms with E-state index >= 15 is 0 Å². The molecule has 3 aromatic rings. The van der Waals surface area contributed by atoms with Gasteiger partial charge in [0.25, 0.3) is 5.78 Å². The van der Waals surface area contributed by atoms with Crippen LogP contribution in [0.4, 0.5) is 0 Å². The number of rotatable bonds is 4. The number of halogens is 2. The molecule has 0 amide bonds. The van der Waals surface area contributed by atoms with Crippen molar-refractivity contribution in [1.29, 1.82) is 0 Å². The lowest BCUT2D eigenvalue weighted by atomic mass is 10.1. The second-order valence-corrected chi connectivity index (χ2v) is 8.42. The molecule has 2 N–H and O–H groups in total. The molecule has 0 aliphatic carbocycles. The molecular formula is C20H23Cl2N2O3P. The van der Waals surface area contributed by atoms with Gasteiger partial charge in [0.05, 0.1) is 0 Å². The van der Waals surface area contributed by atoms with E-state index in [1.807, 2.05) is 36.7 Å². The van der Waals surface area contributed by atoms with Crippen LogP contribution in [0.3, 0.4) is 0 Å². The summed E-state index contributed by atoms with van der Waals surface area (Å²) in [4.78, 5) is 18.6. The molecule has 1 aromatic carbocycles. The highest BCUT2D eigenvalue weighted by atomic mass is 35.5. The number of aryl methyl sites for hydroxylation is 2. The van der Waals surface area contributed by atoms with Crippen LogP contribution in [0.1, 0.15) is 23.8 Å². The van der Waals surface area contributed by atoms with Crippen LogP contribution in [0.15, 0.2) is 67.3 Å². The van der Waals surface area contributed by atoms with E-state index in [0.717, 1.165) is 11.1 Å². The Bertz CT molecular complexity index is 953. The maximum absolute atomic E-state index is 11.4. The SMILES string of the molecule is Cc1cccc(C)c1-[n+]1ccc(-c2cc[n+](C(C)P(=O)(O)O)cc2)cc1.[Cl-].[Cl-]. The zero-order chi connectivity index (χ0) is 18.9. The molecule has 150 valence electrons. The summed E-state index contributed by atoms with van der Waals surface area (Å²) in [6.45, 7) is 5.71. The van der Waals surface area contributed by atoms with E-state index in [0.29, 0.717) is 0 Å². The molecule has 0 radical (unpaired) electrons. The van der Waals surface area contributed by atoms with E-state index in [-0.39, 0.29) is 24.8 Å². The van der Waals surface area contributed by atoms with Crippen molar-refractivity contribution in [2.75, 3.05) is 0 Å². The Kier molecular flexibility index (Phi) is 8.36. The van der Waals surface area contributed by atoms with Crippen LogP contribution in [-0.2, 0) is 4.57 Å². The summed E-state index contributed by atoms with van der Waals surface area (Å²) in [6.07, 6.45) is 7.46. The Morgan fingerprint density at radius 3 is 1.68 bits per heavy atom. The van der Waals surface area contributed by atoms with Crippen molar-refractivity contribution in [2.24, 2.45) is 0 Å². The molecule has 5 nitrogen and oxygen atoms in total. The number of nitrogens with zero attached hydrogens (tertiary/aromatic N) is 2. The van der Waals surface area contributed by atoms with Crippen molar-refractivity contribution < 1.29 is 48.3 Å². The number of hydrogen-bond donors (Lipinski definition) is 2. The molecule has 0 fully saturated rings. The number of aromatic nitrogens is 2. The highest BCUT2D eigenvalue weighted by Gasteiger charge is 2.32. The molecular weight excluding hydrogens is 418 g/mol. The molecule has 1 atom stereocenters. The zero-order valence-electron chi connectivity index (χ0n) is 15.8. The second kappa shape index (κ2) is 9.64. The first-order chi connectivity index (χ1) is 12.3. The van der Waals surface area contributed by atoms with Crippen molar-refractivity contribution in [3.8, 4) is 16.8 Å². The Morgan fingerprint density at radius 2 is 1.25 bits per heavy atom. The van der Waals surface area contributed by atoms with E-state index in [1.165, 1.54) is 28.3 Å². The highest BCUT2D eigenvalue weighted by Crippen LogP contribution is 2.45. The number of pyridine rings is 2. The van der Waals surface area contributed by atoms with Gasteiger partial charge in [-0.15, -0.1) is 0 Å². The van der Waals surface area contributed by atoms with Gasteiger partial charge in [-0.2, -0.15) is 9.13 Å². The predicted octanol–water partition coefficient (Wildman–Crippen LogP) is -2.76. The quantitative estimate of drug-likeness (QED) is 0.341. The third-order valence-corrected chi connectivity index (χ3v) is 5.87. The molecule has 2 aromatic heterocycles. The number of benzene rings is 1. The Morgan fingerprint density at radius 1 is 0.821 bits per heavy atom. The average molecular weight is 441 g/mol. The summed E-state index contributed by atoms with van der Waals surface area (Å²) in [7, 11) is -4.16. The van der Waals surface area contributed by atoms with Crippen molar-refractivity contribution in [2.45, 2.75) is 26.6 Å². The zero-order valence-corrected chi connectivity index (χ0v) is 18.2. The summed E-state index contributed by atoms with van der Waals surface area (Å²) >= 11 is 0. The fourth-order valence-electron chi connectivity index (χ4n) is 3.03. The van der Waals surface area contributed by atoms with E-state index < -0.39 is 13.4 Å². The summed E-state index contributed by atoms with van der Waals surface area (Å²) in [5.74, 6) is -0.876. The normalized spacial score (nSPS) is 11.9. The molecule has 0 aliphatic rings. The van der Waals surface area contributed by atoms with Gasteiger partial charge in [-0.05, 0) is 25.0 Å². The minimum absolute atomic E-state index is 0. The Labute approximate surface area is 177 Å². The average Bonchev–Trinajstić information content (AvgIpc) is 2.61. The first kappa shape index (κ1) is 24.3. The minimum Gasteiger partial charge on any atom is -1.00 e. The van der Waals surface area contributed by atoms with E-state index in [1.54, 1.807) is 12.4 Å². The summed E-state index contributed by atoms with van der Waals surface area (Å²) in [6, 6.07) is 14.1.